The number of fused-ring (bicyclic) bond motifs is 1. The van der Waals surface area contributed by atoms with E-state index in [1.807, 2.05) is 13.1 Å². The normalized spacial score (nSPS) is 14.2. The van der Waals surface area contributed by atoms with Gasteiger partial charge >= 0.3 is 6.18 Å². The van der Waals surface area contributed by atoms with Crippen molar-refractivity contribution in [3.8, 4) is 0 Å². The third kappa shape index (κ3) is 6.22. The van der Waals surface area contributed by atoms with Crippen molar-refractivity contribution >= 4 is 39.9 Å². The van der Waals surface area contributed by atoms with Crippen LogP contribution in [0.2, 0.25) is 0 Å². The lowest BCUT2D eigenvalue weighted by Gasteiger charge is -2.35. The molecule has 0 radical (unpaired) electrons. The van der Waals surface area contributed by atoms with Crippen LogP contribution < -0.4 is 21.3 Å². The number of piperazine rings is 1. The predicted octanol–water partition coefficient (Wildman–Crippen LogP) is 4.36. The van der Waals surface area contributed by atoms with Gasteiger partial charge in [0.2, 0.25) is 0 Å². The summed E-state index contributed by atoms with van der Waals surface area (Å²) >= 11 is 0. The van der Waals surface area contributed by atoms with E-state index < -0.39 is 23.6 Å². The number of halogens is 3. The summed E-state index contributed by atoms with van der Waals surface area (Å²) in [6.07, 6.45) is -3.28. The van der Waals surface area contributed by atoms with Crippen molar-refractivity contribution in [1.29, 1.82) is 0 Å². The smallest absolute Gasteiger partial charge is 0.368 e. The lowest BCUT2D eigenvalue weighted by atomic mass is 10.1. The van der Waals surface area contributed by atoms with Gasteiger partial charge in [0.25, 0.3) is 11.8 Å². The summed E-state index contributed by atoms with van der Waals surface area (Å²) in [6.45, 7) is 2.58. The Labute approximate surface area is 234 Å². The third-order valence-corrected chi connectivity index (χ3v) is 6.98. The monoisotopic (exact) mass is 563 g/mol. The van der Waals surface area contributed by atoms with E-state index in [0.29, 0.717) is 55.1 Å². The van der Waals surface area contributed by atoms with Crippen molar-refractivity contribution in [1.82, 2.24) is 14.9 Å². The first kappa shape index (κ1) is 27.8. The Morgan fingerprint density at radius 1 is 0.976 bits per heavy atom. The summed E-state index contributed by atoms with van der Waals surface area (Å²) in [7, 11) is 1.93. The highest BCUT2D eigenvalue weighted by molar-refractivity contribution is 6.07. The van der Waals surface area contributed by atoms with E-state index in [2.05, 4.69) is 25.5 Å². The molecule has 12 heteroatoms. The van der Waals surface area contributed by atoms with Gasteiger partial charge in [-0.2, -0.15) is 13.2 Å². The molecule has 41 heavy (non-hydrogen) atoms. The minimum Gasteiger partial charge on any atom is -0.368 e. The highest BCUT2D eigenvalue weighted by Gasteiger charge is 2.36. The summed E-state index contributed by atoms with van der Waals surface area (Å²) in [5, 5.41) is 6.52. The van der Waals surface area contributed by atoms with Crippen LogP contribution in [-0.2, 0) is 12.7 Å². The lowest BCUT2D eigenvalue weighted by Crippen LogP contribution is -2.45. The summed E-state index contributed by atoms with van der Waals surface area (Å²) in [5.74, 6) is -0.751. The fraction of sp³-hybridized carbons (Fsp3) is 0.241. The molecule has 1 aliphatic rings. The van der Waals surface area contributed by atoms with Crippen LogP contribution in [0, 0.1) is 0 Å². The van der Waals surface area contributed by atoms with Crippen LogP contribution in [0.4, 0.5) is 30.4 Å². The van der Waals surface area contributed by atoms with E-state index in [4.69, 9.17) is 5.73 Å². The fourth-order valence-corrected chi connectivity index (χ4v) is 4.80. The van der Waals surface area contributed by atoms with Crippen LogP contribution >= 0.6 is 0 Å². The van der Waals surface area contributed by atoms with Crippen molar-refractivity contribution in [2.45, 2.75) is 12.7 Å². The van der Waals surface area contributed by atoms with E-state index in [9.17, 15) is 22.8 Å². The number of aromatic nitrogens is 2. The first-order valence-corrected chi connectivity index (χ1v) is 12.9. The predicted molar refractivity (Wildman–Crippen MR) is 151 cm³/mol. The summed E-state index contributed by atoms with van der Waals surface area (Å²) in [4.78, 5) is 36.9. The Bertz CT molecular complexity index is 1600. The number of primary amides is 1. The van der Waals surface area contributed by atoms with Crippen LogP contribution in [0.1, 0.15) is 31.8 Å². The van der Waals surface area contributed by atoms with Gasteiger partial charge in [-0.15, -0.1) is 0 Å². The summed E-state index contributed by atoms with van der Waals surface area (Å²) < 4.78 is 41.9. The number of nitrogens with one attached hydrogen (secondary N) is 2. The lowest BCUT2D eigenvalue weighted by molar-refractivity contribution is -0.137. The molecule has 212 valence electrons. The van der Waals surface area contributed by atoms with Crippen molar-refractivity contribution < 1.29 is 22.8 Å². The van der Waals surface area contributed by atoms with Crippen LogP contribution in [0.25, 0.3) is 10.9 Å². The number of hydrogen-bond acceptors (Lipinski definition) is 7. The fourth-order valence-electron chi connectivity index (χ4n) is 4.80. The van der Waals surface area contributed by atoms with Gasteiger partial charge in [-0.25, -0.2) is 9.97 Å². The number of likely N-dealkylation sites (N-methyl/N-ethyl adjacent to an activating group) is 1. The molecule has 1 aliphatic heterocycles. The van der Waals surface area contributed by atoms with Gasteiger partial charge < -0.3 is 26.2 Å². The zero-order valence-electron chi connectivity index (χ0n) is 22.2. The second kappa shape index (κ2) is 11.4. The molecule has 0 bridgehead atoms. The van der Waals surface area contributed by atoms with Crippen molar-refractivity contribution in [3.05, 3.63) is 89.2 Å². The second-order valence-electron chi connectivity index (χ2n) is 9.82. The number of carbonyl (C=O) groups is 2. The molecular formula is C29H28F3N7O2. The van der Waals surface area contributed by atoms with Crippen LogP contribution in [-0.4, -0.2) is 59.9 Å². The van der Waals surface area contributed by atoms with Gasteiger partial charge in [0, 0.05) is 55.0 Å². The van der Waals surface area contributed by atoms with E-state index in [-0.39, 0.29) is 16.8 Å². The average molecular weight is 564 g/mol. The number of para-hydroxylation sites is 1. The number of rotatable bonds is 7. The molecule has 4 aromatic rings. The molecule has 5 rings (SSSR count). The van der Waals surface area contributed by atoms with Gasteiger partial charge in [-0.1, -0.05) is 18.2 Å². The molecular weight excluding hydrogens is 535 g/mol. The molecule has 2 heterocycles. The van der Waals surface area contributed by atoms with Gasteiger partial charge in [-0.3, -0.25) is 9.59 Å². The molecule has 0 saturated carbocycles. The van der Waals surface area contributed by atoms with E-state index in [1.165, 1.54) is 18.5 Å². The maximum absolute atomic E-state index is 14.0. The highest BCUT2D eigenvalue weighted by atomic mass is 19.4. The Hall–Kier alpha value is -4.71. The van der Waals surface area contributed by atoms with Gasteiger partial charge in [-0.05, 0) is 55.1 Å². The molecule has 9 nitrogen and oxygen atoms in total. The van der Waals surface area contributed by atoms with Crippen molar-refractivity contribution in [2.75, 3.05) is 48.8 Å². The molecule has 3 aromatic carbocycles. The standard InChI is InChI=1S/C29H28F3N7O2/c1-38-10-12-39(13-11-38)24-9-8-19(15-23(24)29(30,31)32)28(41)37-20-5-2-4-18(14-20)16-34-27-22-7-3-6-21(26(33)40)25(22)35-17-36-27/h2-9,14-15,17H,10-13,16H2,1H3,(H2,33,40)(H,37,41)(H,34,35,36). The van der Waals surface area contributed by atoms with Crippen LogP contribution in [0.3, 0.4) is 0 Å². The number of anilines is 3. The first-order chi connectivity index (χ1) is 19.6. The van der Waals surface area contributed by atoms with Gasteiger partial charge in [0.05, 0.1) is 16.6 Å². The minimum atomic E-state index is -4.61. The van der Waals surface area contributed by atoms with Gasteiger partial charge in [0.15, 0.2) is 0 Å². The number of hydrogen-bond donors (Lipinski definition) is 3. The SMILES string of the molecule is CN1CCN(c2ccc(C(=O)Nc3cccc(CNc4ncnc5c(C(N)=O)cccc45)c3)cc2C(F)(F)F)CC1. The number of nitrogens with two attached hydrogens (primary N) is 1. The molecule has 0 atom stereocenters. The minimum absolute atomic E-state index is 0.0791. The maximum atomic E-state index is 14.0. The molecule has 0 spiro atoms. The number of alkyl halides is 3. The number of carbonyl (C=O) groups excluding carboxylic acids is 2. The van der Waals surface area contributed by atoms with E-state index >= 15 is 0 Å². The molecule has 1 aromatic heterocycles. The Balaban J connectivity index is 1.31. The molecule has 1 fully saturated rings. The zero-order chi connectivity index (χ0) is 29.1. The Kier molecular flexibility index (Phi) is 7.75. The van der Waals surface area contributed by atoms with E-state index in [1.54, 1.807) is 41.3 Å². The number of nitrogens with zero attached hydrogens (tertiary/aromatic N) is 4. The van der Waals surface area contributed by atoms with Crippen molar-refractivity contribution in [2.24, 2.45) is 5.73 Å². The topological polar surface area (TPSA) is 116 Å². The maximum Gasteiger partial charge on any atom is 0.418 e. The molecule has 0 aliphatic carbocycles. The van der Waals surface area contributed by atoms with Crippen LogP contribution in [0.15, 0.2) is 67.0 Å². The molecule has 4 N–H and O–H groups in total. The molecule has 2 amide bonds. The first-order valence-electron chi connectivity index (χ1n) is 12.9. The quantitative estimate of drug-likeness (QED) is 0.306. The Morgan fingerprint density at radius 3 is 2.46 bits per heavy atom. The summed E-state index contributed by atoms with van der Waals surface area (Å²) in [5.41, 5.74) is 6.53. The Morgan fingerprint density at radius 2 is 1.73 bits per heavy atom. The van der Waals surface area contributed by atoms with Crippen molar-refractivity contribution in [3.63, 3.8) is 0 Å². The third-order valence-electron chi connectivity index (χ3n) is 6.98. The summed E-state index contributed by atoms with van der Waals surface area (Å²) in [6, 6.07) is 15.7. The highest BCUT2D eigenvalue weighted by Crippen LogP contribution is 2.38. The molecule has 1 saturated heterocycles. The number of benzene rings is 3. The zero-order valence-corrected chi connectivity index (χ0v) is 22.2. The van der Waals surface area contributed by atoms with E-state index in [0.717, 1.165) is 11.6 Å². The molecule has 0 unspecified atom stereocenters. The number of amides is 2. The average Bonchev–Trinajstić information content (AvgIpc) is 2.95. The van der Waals surface area contributed by atoms with Crippen LogP contribution in [0.5, 0.6) is 0 Å². The van der Waals surface area contributed by atoms with Gasteiger partial charge in [0.1, 0.15) is 12.1 Å². The second-order valence-corrected chi connectivity index (χ2v) is 9.82. The largest absolute Gasteiger partial charge is 0.418 e.